The zero-order valence-corrected chi connectivity index (χ0v) is 13.1. The van der Waals surface area contributed by atoms with E-state index in [1.807, 2.05) is 0 Å². The molecule has 1 aliphatic carbocycles. The molecule has 0 bridgehead atoms. The lowest BCUT2D eigenvalue weighted by Gasteiger charge is -2.25. The summed E-state index contributed by atoms with van der Waals surface area (Å²) in [5.41, 5.74) is 2.91. The zero-order chi connectivity index (χ0) is 14.8. The van der Waals surface area contributed by atoms with Gasteiger partial charge in [-0.3, -0.25) is 9.69 Å². The van der Waals surface area contributed by atoms with E-state index in [9.17, 15) is 4.79 Å². The molecule has 1 saturated carbocycles. The molecule has 1 heterocycles. The van der Waals surface area contributed by atoms with Gasteiger partial charge in [0.2, 0.25) is 5.91 Å². The SMILES string of the molecule is CCc1ccccc1CN(C)[C@H]1C[C@H]2CNC(=O)C[C@H]2C1. The van der Waals surface area contributed by atoms with Crippen molar-refractivity contribution in [3.8, 4) is 0 Å². The second-order valence-corrected chi connectivity index (χ2v) is 6.69. The van der Waals surface area contributed by atoms with Gasteiger partial charge in [0.25, 0.3) is 0 Å². The number of hydrogen-bond donors (Lipinski definition) is 1. The van der Waals surface area contributed by atoms with Crippen LogP contribution in [0.15, 0.2) is 24.3 Å². The molecule has 3 atom stereocenters. The van der Waals surface area contributed by atoms with Crippen molar-refractivity contribution in [3.63, 3.8) is 0 Å². The number of amides is 1. The Morgan fingerprint density at radius 3 is 2.67 bits per heavy atom. The van der Waals surface area contributed by atoms with Crippen LogP contribution < -0.4 is 5.32 Å². The highest BCUT2D eigenvalue weighted by molar-refractivity contribution is 5.77. The van der Waals surface area contributed by atoms with Crippen LogP contribution >= 0.6 is 0 Å². The second kappa shape index (κ2) is 6.18. The van der Waals surface area contributed by atoms with Gasteiger partial charge in [-0.25, -0.2) is 0 Å². The maximum absolute atomic E-state index is 11.5. The summed E-state index contributed by atoms with van der Waals surface area (Å²) in [6.45, 7) is 4.13. The van der Waals surface area contributed by atoms with Crippen molar-refractivity contribution >= 4 is 5.91 Å². The average molecular weight is 286 g/mol. The Balaban J connectivity index is 1.64. The van der Waals surface area contributed by atoms with Gasteiger partial charge in [0.05, 0.1) is 0 Å². The minimum absolute atomic E-state index is 0.246. The van der Waals surface area contributed by atoms with Crippen LogP contribution in [-0.4, -0.2) is 30.4 Å². The molecule has 1 aliphatic heterocycles. The normalized spacial score (nSPS) is 28.5. The summed E-state index contributed by atoms with van der Waals surface area (Å²) in [7, 11) is 2.24. The van der Waals surface area contributed by atoms with E-state index >= 15 is 0 Å². The maximum atomic E-state index is 11.5. The lowest BCUT2D eigenvalue weighted by atomic mass is 9.89. The van der Waals surface area contributed by atoms with E-state index in [0.29, 0.717) is 17.9 Å². The first-order valence-electron chi connectivity index (χ1n) is 8.21. The topological polar surface area (TPSA) is 32.3 Å². The second-order valence-electron chi connectivity index (χ2n) is 6.69. The number of nitrogens with zero attached hydrogens (tertiary/aromatic N) is 1. The summed E-state index contributed by atoms with van der Waals surface area (Å²) in [5.74, 6) is 1.54. The molecule has 21 heavy (non-hydrogen) atoms. The van der Waals surface area contributed by atoms with Crippen LogP contribution in [0.25, 0.3) is 0 Å². The number of carbonyl (C=O) groups is 1. The van der Waals surface area contributed by atoms with Crippen LogP contribution in [0.4, 0.5) is 0 Å². The number of fused-ring (bicyclic) bond motifs is 1. The van der Waals surface area contributed by atoms with Gasteiger partial charge in [0.1, 0.15) is 0 Å². The van der Waals surface area contributed by atoms with E-state index in [4.69, 9.17) is 0 Å². The predicted octanol–water partition coefficient (Wildman–Crippen LogP) is 2.60. The number of aryl methyl sites for hydroxylation is 1. The highest BCUT2D eigenvalue weighted by atomic mass is 16.1. The fourth-order valence-electron chi connectivity index (χ4n) is 4.05. The highest BCUT2D eigenvalue weighted by Gasteiger charge is 2.39. The lowest BCUT2D eigenvalue weighted by Crippen LogP contribution is -2.38. The van der Waals surface area contributed by atoms with Crippen molar-refractivity contribution in [2.24, 2.45) is 11.8 Å². The third kappa shape index (κ3) is 3.13. The Bertz CT molecular complexity index is 514. The Labute approximate surface area is 127 Å². The highest BCUT2D eigenvalue weighted by Crippen LogP contribution is 2.38. The Hall–Kier alpha value is -1.35. The number of rotatable bonds is 4. The Morgan fingerprint density at radius 1 is 1.19 bits per heavy atom. The van der Waals surface area contributed by atoms with Crippen LogP contribution in [0.2, 0.25) is 0 Å². The summed E-state index contributed by atoms with van der Waals surface area (Å²) < 4.78 is 0. The maximum Gasteiger partial charge on any atom is 0.220 e. The summed E-state index contributed by atoms with van der Waals surface area (Å²) in [5, 5.41) is 3.02. The monoisotopic (exact) mass is 286 g/mol. The summed E-state index contributed by atoms with van der Waals surface area (Å²) in [6.07, 6.45) is 4.25. The number of hydrogen-bond acceptors (Lipinski definition) is 2. The predicted molar refractivity (Wildman–Crippen MR) is 84.9 cm³/mol. The molecule has 0 spiro atoms. The molecule has 0 radical (unpaired) electrons. The third-order valence-electron chi connectivity index (χ3n) is 5.37. The van der Waals surface area contributed by atoms with Crippen molar-refractivity contribution in [2.45, 2.75) is 45.2 Å². The van der Waals surface area contributed by atoms with Crippen LogP contribution in [0.5, 0.6) is 0 Å². The molecule has 114 valence electrons. The molecule has 1 saturated heterocycles. The van der Waals surface area contributed by atoms with Crippen LogP contribution in [0.1, 0.15) is 37.3 Å². The molecule has 3 heteroatoms. The Kier molecular flexibility index (Phi) is 4.29. The van der Waals surface area contributed by atoms with Crippen LogP contribution in [0.3, 0.4) is 0 Å². The molecule has 3 nitrogen and oxygen atoms in total. The molecular formula is C18H26N2O. The first-order valence-corrected chi connectivity index (χ1v) is 8.21. The molecule has 1 N–H and O–H groups in total. The van der Waals surface area contributed by atoms with Gasteiger partial charge in [-0.05, 0) is 49.3 Å². The fraction of sp³-hybridized carbons (Fsp3) is 0.611. The van der Waals surface area contributed by atoms with Crippen molar-refractivity contribution < 1.29 is 4.79 Å². The quantitative estimate of drug-likeness (QED) is 0.922. The van der Waals surface area contributed by atoms with Gasteiger partial charge < -0.3 is 5.32 Å². The molecule has 0 aromatic heterocycles. The first kappa shape index (κ1) is 14.6. The van der Waals surface area contributed by atoms with Crippen LogP contribution in [0, 0.1) is 11.8 Å². The molecular weight excluding hydrogens is 260 g/mol. The van der Waals surface area contributed by atoms with Crippen LogP contribution in [-0.2, 0) is 17.8 Å². The van der Waals surface area contributed by atoms with E-state index in [-0.39, 0.29) is 5.91 Å². The van der Waals surface area contributed by atoms with E-state index in [0.717, 1.165) is 25.9 Å². The third-order valence-corrected chi connectivity index (χ3v) is 5.37. The molecule has 1 aromatic carbocycles. The number of benzene rings is 1. The van der Waals surface area contributed by atoms with Crippen molar-refractivity contribution in [2.75, 3.05) is 13.6 Å². The van der Waals surface area contributed by atoms with E-state index < -0.39 is 0 Å². The van der Waals surface area contributed by atoms with Crippen molar-refractivity contribution in [3.05, 3.63) is 35.4 Å². The minimum Gasteiger partial charge on any atom is -0.356 e. The standard InChI is InChI=1S/C18H26N2O/c1-3-13-6-4-5-7-14(13)12-20(2)17-8-15-10-18(21)19-11-16(15)9-17/h4-7,15-17H,3,8-12H2,1-2H3,(H,19,21)/t15-,16+,17-/m1/s1. The summed E-state index contributed by atoms with van der Waals surface area (Å²) >= 11 is 0. The molecule has 2 fully saturated rings. The smallest absolute Gasteiger partial charge is 0.220 e. The first-order chi connectivity index (χ1) is 10.2. The number of carbonyl (C=O) groups excluding carboxylic acids is 1. The number of nitrogens with one attached hydrogen (secondary N) is 1. The van der Waals surface area contributed by atoms with Gasteiger partial charge in [0.15, 0.2) is 0 Å². The van der Waals surface area contributed by atoms with E-state index in [2.05, 4.69) is 48.5 Å². The average Bonchev–Trinajstić information content (AvgIpc) is 2.91. The fourth-order valence-corrected chi connectivity index (χ4v) is 4.05. The van der Waals surface area contributed by atoms with Gasteiger partial charge in [-0.2, -0.15) is 0 Å². The number of piperidine rings is 1. The molecule has 0 unspecified atom stereocenters. The minimum atomic E-state index is 0.246. The molecule has 3 rings (SSSR count). The zero-order valence-electron chi connectivity index (χ0n) is 13.1. The van der Waals surface area contributed by atoms with Gasteiger partial charge >= 0.3 is 0 Å². The lowest BCUT2D eigenvalue weighted by molar-refractivity contribution is -0.124. The van der Waals surface area contributed by atoms with E-state index in [1.165, 1.54) is 24.0 Å². The largest absolute Gasteiger partial charge is 0.356 e. The van der Waals surface area contributed by atoms with Gasteiger partial charge in [-0.15, -0.1) is 0 Å². The summed E-state index contributed by atoms with van der Waals surface area (Å²) in [4.78, 5) is 14.0. The van der Waals surface area contributed by atoms with E-state index in [1.54, 1.807) is 0 Å². The van der Waals surface area contributed by atoms with Gasteiger partial charge in [-0.1, -0.05) is 31.2 Å². The van der Waals surface area contributed by atoms with Crippen molar-refractivity contribution in [1.29, 1.82) is 0 Å². The van der Waals surface area contributed by atoms with Gasteiger partial charge in [0, 0.05) is 25.6 Å². The summed E-state index contributed by atoms with van der Waals surface area (Å²) in [6, 6.07) is 9.38. The molecule has 2 aliphatic rings. The molecule has 1 aromatic rings. The van der Waals surface area contributed by atoms with Crippen molar-refractivity contribution in [1.82, 2.24) is 10.2 Å². The molecule has 1 amide bonds. The Morgan fingerprint density at radius 2 is 1.90 bits per heavy atom.